The molecule has 0 aliphatic heterocycles. The largest absolute Gasteiger partial charge is 0.465 e. The minimum Gasteiger partial charge on any atom is -0.465 e. The second kappa shape index (κ2) is 6.54. The molecule has 0 fully saturated rings. The van der Waals surface area contributed by atoms with Gasteiger partial charge in [0.15, 0.2) is 0 Å². The Balaban J connectivity index is 2.21. The number of hydrogen-bond donors (Lipinski definition) is 0. The fourth-order valence-corrected chi connectivity index (χ4v) is 2.67. The number of carbonyl (C=O) groups is 2. The fourth-order valence-electron chi connectivity index (χ4n) is 2.67. The maximum absolute atomic E-state index is 12.1. The van der Waals surface area contributed by atoms with Crippen LogP contribution in [-0.4, -0.2) is 26.2 Å². The molecule has 3 rings (SSSR count). The highest BCUT2D eigenvalue weighted by Crippen LogP contribution is 2.29. The smallest absolute Gasteiger partial charge is 0.338 e. The first kappa shape index (κ1) is 15.7. The minimum absolute atomic E-state index is 0.383. The van der Waals surface area contributed by atoms with Crippen LogP contribution < -0.4 is 0 Å². The zero-order valence-corrected chi connectivity index (χ0v) is 13.4. The van der Waals surface area contributed by atoms with Gasteiger partial charge in [-0.2, -0.15) is 0 Å². The van der Waals surface area contributed by atoms with Crippen molar-refractivity contribution in [1.29, 1.82) is 0 Å². The molecule has 0 radical (unpaired) electrons. The van der Waals surface area contributed by atoms with Crippen molar-refractivity contribution in [3.63, 3.8) is 0 Å². The lowest BCUT2D eigenvalue weighted by atomic mass is 9.95. The van der Waals surface area contributed by atoms with E-state index in [2.05, 4.69) is 0 Å². The van der Waals surface area contributed by atoms with E-state index in [9.17, 15) is 9.59 Å². The molecular formula is C20H16O4. The number of hydrogen-bond acceptors (Lipinski definition) is 4. The van der Waals surface area contributed by atoms with E-state index in [4.69, 9.17) is 9.47 Å². The molecule has 4 heteroatoms. The third kappa shape index (κ3) is 2.86. The number of fused-ring (bicyclic) bond motifs is 1. The molecule has 0 amide bonds. The Hall–Kier alpha value is -3.14. The summed E-state index contributed by atoms with van der Waals surface area (Å²) in [5.74, 6) is -0.900. The van der Waals surface area contributed by atoms with Gasteiger partial charge < -0.3 is 9.47 Å². The fraction of sp³-hybridized carbons (Fsp3) is 0.100. The van der Waals surface area contributed by atoms with Gasteiger partial charge >= 0.3 is 11.9 Å². The quantitative estimate of drug-likeness (QED) is 0.682. The zero-order chi connectivity index (χ0) is 17.1. The molecule has 0 saturated heterocycles. The molecule has 0 aromatic heterocycles. The highest BCUT2D eigenvalue weighted by molar-refractivity contribution is 6.01. The highest BCUT2D eigenvalue weighted by Gasteiger charge is 2.17. The van der Waals surface area contributed by atoms with Crippen molar-refractivity contribution in [2.45, 2.75) is 0 Å². The van der Waals surface area contributed by atoms with Gasteiger partial charge in [0.2, 0.25) is 0 Å². The molecule has 0 aliphatic rings. The molecule has 0 saturated carbocycles. The van der Waals surface area contributed by atoms with Crippen LogP contribution in [0.15, 0.2) is 60.7 Å². The van der Waals surface area contributed by atoms with Crippen LogP contribution in [0, 0.1) is 0 Å². The monoisotopic (exact) mass is 320 g/mol. The second-order valence-electron chi connectivity index (χ2n) is 5.31. The third-order valence-corrected chi connectivity index (χ3v) is 3.91. The maximum Gasteiger partial charge on any atom is 0.338 e. The molecule has 0 atom stereocenters. The van der Waals surface area contributed by atoms with Crippen LogP contribution in [0.25, 0.3) is 21.9 Å². The van der Waals surface area contributed by atoms with Gasteiger partial charge in [-0.15, -0.1) is 0 Å². The molecule has 24 heavy (non-hydrogen) atoms. The lowest BCUT2D eigenvalue weighted by Gasteiger charge is -2.11. The lowest BCUT2D eigenvalue weighted by molar-refractivity contribution is 0.0587. The van der Waals surface area contributed by atoms with E-state index in [1.165, 1.54) is 14.2 Å². The molecule has 3 aromatic rings. The Kier molecular flexibility index (Phi) is 4.29. The summed E-state index contributed by atoms with van der Waals surface area (Å²) in [5, 5.41) is 2.15. The van der Waals surface area contributed by atoms with Crippen molar-refractivity contribution in [3.8, 4) is 11.1 Å². The van der Waals surface area contributed by atoms with Crippen molar-refractivity contribution < 1.29 is 19.1 Å². The van der Waals surface area contributed by atoms with Gasteiger partial charge in [-0.05, 0) is 46.2 Å². The number of esters is 2. The van der Waals surface area contributed by atoms with Gasteiger partial charge in [0.05, 0.1) is 25.3 Å². The first-order valence-corrected chi connectivity index (χ1v) is 7.44. The summed E-state index contributed by atoms with van der Waals surface area (Å²) >= 11 is 0. The van der Waals surface area contributed by atoms with E-state index in [-0.39, 0.29) is 0 Å². The Labute approximate surface area is 139 Å². The van der Waals surface area contributed by atoms with Crippen molar-refractivity contribution in [2.75, 3.05) is 14.2 Å². The molecule has 120 valence electrons. The normalized spacial score (nSPS) is 10.4. The SMILES string of the molecule is COC(=O)c1ccc(C(=O)OC)c(-c2ccc3ccccc3c2)c1. The molecule has 0 aliphatic carbocycles. The van der Waals surface area contributed by atoms with E-state index < -0.39 is 11.9 Å². The number of carbonyl (C=O) groups excluding carboxylic acids is 2. The van der Waals surface area contributed by atoms with Crippen LogP contribution in [0.4, 0.5) is 0 Å². The Morgan fingerprint density at radius 3 is 2.17 bits per heavy atom. The van der Waals surface area contributed by atoms with Crippen LogP contribution in [0.3, 0.4) is 0 Å². The number of rotatable bonds is 3. The maximum atomic E-state index is 12.1. The molecule has 4 nitrogen and oxygen atoms in total. The molecule has 0 bridgehead atoms. The van der Waals surface area contributed by atoms with Crippen LogP contribution in [0.2, 0.25) is 0 Å². The van der Waals surface area contributed by atoms with Gasteiger partial charge in [0.1, 0.15) is 0 Å². The Morgan fingerprint density at radius 1 is 0.750 bits per heavy atom. The molecule has 0 unspecified atom stereocenters. The van der Waals surface area contributed by atoms with Gasteiger partial charge in [0, 0.05) is 0 Å². The van der Waals surface area contributed by atoms with E-state index in [1.54, 1.807) is 18.2 Å². The third-order valence-electron chi connectivity index (χ3n) is 3.91. The van der Waals surface area contributed by atoms with Gasteiger partial charge in [-0.3, -0.25) is 0 Å². The van der Waals surface area contributed by atoms with Gasteiger partial charge in [-0.1, -0.05) is 36.4 Å². The average molecular weight is 320 g/mol. The van der Waals surface area contributed by atoms with Crippen LogP contribution in [0.5, 0.6) is 0 Å². The standard InChI is InChI=1S/C20H16O4/c1-23-19(21)16-9-10-17(20(22)24-2)18(12-16)15-8-7-13-5-3-4-6-14(13)11-15/h3-12H,1-2H3. The van der Waals surface area contributed by atoms with E-state index in [0.29, 0.717) is 16.7 Å². The predicted octanol–water partition coefficient (Wildman–Crippen LogP) is 4.08. The van der Waals surface area contributed by atoms with Crippen LogP contribution in [-0.2, 0) is 9.47 Å². The summed E-state index contributed by atoms with van der Waals surface area (Å²) in [6, 6.07) is 18.6. The van der Waals surface area contributed by atoms with Crippen molar-refractivity contribution in [2.24, 2.45) is 0 Å². The molecular weight excluding hydrogens is 304 g/mol. The van der Waals surface area contributed by atoms with E-state index >= 15 is 0 Å². The Morgan fingerprint density at radius 2 is 1.46 bits per heavy atom. The lowest BCUT2D eigenvalue weighted by Crippen LogP contribution is -2.07. The summed E-state index contributed by atoms with van der Waals surface area (Å²) in [7, 11) is 2.66. The Bertz CT molecular complexity index is 928. The van der Waals surface area contributed by atoms with E-state index in [1.807, 2.05) is 42.5 Å². The van der Waals surface area contributed by atoms with Crippen LogP contribution >= 0.6 is 0 Å². The molecule has 0 N–H and O–H groups in total. The minimum atomic E-state index is -0.451. The molecule has 0 spiro atoms. The molecule has 0 heterocycles. The first-order valence-electron chi connectivity index (χ1n) is 7.44. The summed E-state index contributed by atoms with van der Waals surface area (Å²) in [4.78, 5) is 23.9. The summed E-state index contributed by atoms with van der Waals surface area (Å²) < 4.78 is 9.63. The highest BCUT2D eigenvalue weighted by atomic mass is 16.5. The number of benzene rings is 3. The summed E-state index contributed by atoms with van der Waals surface area (Å²) in [6.45, 7) is 0. The predicted molar refractivity (Wildman–Crippen MR) is 92.1 cm³/mol. The van der Waals surface area contributed by atoms with Crippen molar-refractivity contribution >= 4 is 22.7 Å². The zero-order valence-electron chi connectivity index (χ0n) is 13.4. The summed E-state index contributed by atoms with van der Waals surface area (Å²) in [5.41, 5.74) is 2.25. The molecule has 3 aromatic carbocycles. The second-order valence-corrected chi connectivity index (χ2v) is 5.31. The topological polar surface area (TPSA) is 52.6 Å². The average Bonchev–Trinajstić information content (AvgIpc) is 2.65. The number of ether oxygens (including phenoxy) is 2. The van der Waals surface area contributed by atoms with Gasteiger partial charge in [-0.25, -0.2) is 9.59 Å². The number of methoxy groups -OCH3 is 2. The van der Waals surface area contributed by atoms with E-state index in [0.717, 1.165) is 16.3 Å². The summed E-state index contributed by atoms with van der Waals surface area (Å²) in [6.07, 6.45) is 0. The first-order chi connectivity index (χ1) is 11.6. The van der Waals surface area contributed by atoms with Gasteiger partial charge in [0.25, 0.3) is 0 Å². The van der Waals surface area contributed by atoms with Crippen molar-refractivity contribution in [3.05, 3.63) is 71.8 Å². The van der Waals surface area contributed by atoms with Crippen molar-refractivity contribution in [1.82, 2.24) is 0 Å². The van der Waals surface area contributed by atoms with Crippen LogP contribution in [0.1, 0.15) is 20.7 Å².